The van der Waals surface area contributed by atoms with Crippen molar-refractivity contribution in [3.63, 3.8) is 0 Å². The average molecular weight is 296 g/mol. The quantitative estimate of drug-likeness (QED) is 0.729. The molecule has 4 rings (SSSR count). The Morgan fingerprint density at radius 3 is 2.68 bits per heavy atom. The number of hydrogen-bond donors (Lipinski definition) is 0. The fraction of sp³-hybridized carbons (Fsp3) is 0.235. The highest BCUT2D eigenvalue weighted by Crippen LogP contribution is 2.35. The molecule has 0 atom stereocenters. The maximum absolute atomic E-state index is 5.65. The van der Waals surface area contributed by atoms with Gasteiger partial charge in [-0.3, -0.25) is 0 Å². The number of hydrogen-bond acceptors (Lipinski definition) is 4. The minimum Gasteiger partial charge on any atom is -0.497 e. The molecule has 2 heterocycles. The maximum atomic E-state index is 5.65. The second-order valence-corrected chi connectivity index (χ2v) is 5.21. The van der Waals surface area contributed by atoms with Crippen molar-refractivity contribution in [3.05, 3.63) is 36.4 Å². The molecule has 3 aromatic rings. The third-order valence-electron chi connectivity index (χ3n) is 3.89. The number of benzene rings is 2. The first-order valence-electron chi connectivity index (χ1n) is 7.17. The fourth-order valence-corrected chi connectivity index (χ4v) is 2.75. The van der Waals surface area contributed by atoms with Crippen LogP contribution in [-0.2, 0) is 7.05 Å². The van der Waals surface area contributed by atoms with E-state index in [4.69, 9.17) is 19.2 Å². The molecule has 1 aromatic heterocycles. The van der Waals surface area contributed by atoms with Crippen LogP contribution >= 0.6 is 0 Å². The summed E-state index contributed by atoms with van der Waals surface area (Å²) in [5.41, 5.74) is 2.97. The van der Waals surface area contributed by atoms with E-state index in [1.165, 1.54) is 0 Å². The monoisotopic (exact) mass is 296 g/mol. The number of nitrogens with zero attached hydrogens (tertiary/aromatic N) is 2. The minimum absolute atomic E-state index is 0.580. The Hall–Kier alpha value is -2.69. The molecule has 0 bridgehead atoms. The van der Waals surface area contributed by atoms with Gasteiger partial charge in [-0.1, -0.05) is 0 Å². The van der Waals surface area contributed by atoms with E-state index >= 15 is 0 Å². The SMILES string of the molecule is COc1ccc2c(c1)nc(-c1ccc3c(c1)OCCO3)n2C. The average Bonchev–Trinajstić information content (AvgIpc) is 2.90. The molecular weight excluding hydrogens is 280 g/mol. The van der Waals surface area contributed by atoms with Crippen molar-refractivity contribution < 1.29 is 14.2 Å². The van der Waals surface area contributed by atoms with Gasteiger partial charge in [-0.2, -0.15) is 0 Å². The molecule has 0 saturated carbocycles. The van der Waals surface area contributed by atoms with Crippen molar-refractivity contribution in [3.8, 4) is 28.6 Å². The highest BCUT2D eigenvalue weighted by Gasteiger charge is 2.16. The van der Waals surface area contributed by atoms with Crippen LogP contribution in [-0.4, -0.2) is 29.9 Å². The van der Waals surface area contributed by atoms with Crippen LogP contribution in [0, 0.1) is 0 Å². The number of methoxy groups -OCH3 is 1. The molecule has 5 heteroatoms. The van der Waals surface area contributed by atoms with Gasteiger partial charge in [0.1, 0.15) is 24.8 Å². The summed E-state index contributed by atoms with van der Waals surface area (Å²) in [5.74, 6) is 3.25. The molecule has 1 aliphatic rings. The van der Waals surface area contributed by atoms with Crippen LogP contribution in [0.25, 0.3) is 22.4 Å². The van der Waals surface area contributed by atoms with Gasteiger partial charge in [0.25, 0.3) is 0 Å². The summed E-state index contributed by atoms with van der Waals surface area (Å²) in [6.07, 6.45) is 0. The predicted octanol–water partition coefficient (Wildman–Crippen LogP) is 3.02. The van der Waals surface area contributed by atoms with Gasteiger partial charge in [0.15, 0.2) is 11.5 Å². The maximum Gasteiger partial charge on any atom is 0.162 e. The van der Waals surface area contributed by atoms with E-state index in [9.17, 15) is 0 Å². The second kappa shape index (κ2) is 4.94. The molecule has 0 radical (unpaired) electrons. The number of aryl methyl sites for hydroxylation is 1. The summed E-state index contributed by atoms with van der Waals surface area (Å²) in [6, 6.07) is 11.8. The van der Waals surface area contributed by atoms with Crippen molar-refractivity contribution in [1.29, 1.82) is 0 Å². The Morgan fingerprint density at radius 1 is 1.05 bits per heavy atom. The fourth-order valence-electron chi connectivity index (χ4n) is 2.75. The highest BCUT2D eigenvalue weighted by atomic mass is 16.6. The van der Waals surface area contributed by atoms with Crippen LogP contribution in [0.3, 0.4) is 0 Å². The Balaban J connectivity index is 1.85. The molecule has 1 aliphatic heterocycles. The number of imidazole rings is 1. The van der Waals surface area contributed by atoms with Gasteiger partial charge >= 0.3 is 0 Å². The van der Waals surface area contributed by atoms with E-state index in [0.29, 0.717) is 13.2 Å². The smallest absolute Gasteiger partial charge is 0.162 e. The number of rotatable bonds is 2. The van der Waals surface area contributed by atoms with Gasteiger partial charge in [-0.15, -0.1) is 0 Å². The topological polar surface area (TPSA) is 45.5 Å². The van der Waals surface area contributed by atoms with Gasteiger partial charge in [0.05, 0.1) is 18.1 Å². The first-order chi connectivity index (χ1) is 10.8. The van der Waals surface area contributed by atoms with Crippen LogP contribution in [0.4, 0.5) is 0 Å². The van der Waals surface area contributed by atoms with E-state index in [1.807, 2.05) is 43.4 Å². The summed E-state index contributed by atoms with van der Waals surface area (Å²) in [5, 5.41) is 0. The molecule has 0 fully saturated rings. The third kappa shape index (κ3) is 1.97. The van der Waals surface area contributed by atoms with Crippen molar-refractivity contribution in [2.75, 3.05) is 20.3 Å². The van der Waals surface area contributed by atoms with E-state index in [0.717, 1.165) is 39.7 Å². The molecule has 0 unspecified atom stereocenters. The predicted molar refractivity (Wildman–Crippen MR) is 83.7 cm³/mol. The molecule has 0 amide bonds. The van der Waals surface area contributed by atoms with Gasteiger partial charge in [-0.25, -0.2) is 4.98 Å². The summed E-state index contributed by atoms with van der Waals surface area (Å²) in [7, 11) is 3.67. The van der Waals surface area contributed by atoms with Crippen molar-refractivity contribution in [2.24, 2.45) is 7.05 Å². The van der Waals surface area contributed by atoms with Gasteiger partial charge < -0.3 is 18.8 Å². The third-order valence-corrected chi connectivity index (χ3v) is 3.89. The molecule has 22 heavy (non-hydrogen) atoms. The van der Waals surface area contributed by atoms with Crippen LogP contribution < -0.4 is 14.2 Å². The summed E-state index contributed by atoms with van der Waals surface area (Å²) in [4.78, 5) is 4.73. The molecule has 5 nitrogen and oxygen atoms in total. The standard InChI is InChI=1S/C17H16N2O3/c1-19-14-5-4-12(20-2)10-13(14)18-17(19)11-3-6-15-16(9-11)22-8-7-21-15/h3-6,9-10H,7-8H2,1-2H3. The Labute approximate surface area is 128 Å². The molecule has 0 aliphatic carbocycles. The van der Waals surface area contributed by atoms with Gasteiger partial charge in [0.2, 0.25) is 0 Å². The van der Waals surface area contributed by atoms with Crippen LogP contribution in [0.2, 0.25) is 0 Å². The van der Waals surface area contributed by atoms with Gasteiger partial charge in [-0.05, 0) is 30.3 Å². The molecule has 0 saturated heterocycles. The Bertz CT molecular complexity index is 854. The molecule has 2 aromatic carbocycles. The summed E-state index contributed by atoms with van der Waals surface area (Å²) < 4.78 is 18.6. The zero-order valence-electron chi connectivity index (χ0n) is 12.5. The number of ether oxygens (including phenoxy) is 3. The van der Waals surface area contributed by atoms with Crippen molar-refractivity contribution >= 4 is 11.0 Å². The van der Waals surface area contributed by atoms with Crippen LogP contribution in [0.1, 0.15) is 0 Å². The molecule has 112 valence electrons. The first kappa shape index (κ1) is 13.0. The largest absolute Gasteiger partial charge is 0.497 e. The lowest BCUT2D eigenvalue weighted by atomic mass is 10.2. The summed E-state index contributed by atoms with van der Waals surface area (Å²) >= 11 is 0. The van der Waals surface area contributed by atoms with E-state index in [2.05, 4.69) is 4.57 Å². The zero-order chi connectivity index (χ0) is 15.1. The number of aromatic nitrogens is 2. The normalized spacial score (nSPS) is 13.4. The molecule has 0 N–H and O–H groups in total. The molecule has 0 spiro atoms. The second-order valence-electron chi connectivity index (χ2n) is 5.21. The lowest BCUT2D eigenvalue weighted by molar-refractivity contribution is 0.171. The van der Waals surface area contributed by atoms with Gasteiger partial charge in [0, 0.05) is 18.7 Å². The van der Waals surface area contributed by atoms with E-state index < -0.39 is 0 Å². The number of fused-ring (bicyclic) bond motifs is 2. The van der Waals surface area contributed by atoms with E-state index in [1.54, 1.807) is 7.11 Å². The first-order valence-corrected chi connectivity index (χ1v) is 7.17. The van der Waals surface area contributed by atoms with Crippen molar-refractivity contribution in [2.45, 2.75) is 0 Å². The zero-order valence-corrected chi connectivity index (χ0v) is 12.5. The lowest BCUT2D eigenvalue weighted by Gasteiger charge is -2.18. The van der Waals surface area contributed by atoms with Crippen LogP contribution in [0.15, 0.2) is 36.4 Å². The van der Waals surface area contributed by atoms with Crippen LogP contribution in [0.5, 0.6) is 17.2 Å². The highest BCUT2D eigenvalue weighted by molar-refractivity contribution is 5.82. The Morgan fingerprint density at radius 2 is 1.86 bits per heavy atom. The molecular formula is C17H16N2O3. The van der Waals surface area contributed by atoms with Crippen molar-refractivity contribution in [1.82, 2.24) is 9.55 Å². The summed E-state index contributed by atoms with van der Waals surface area (Å²) in [6.45, 7) is 1.18. The Kier molecular flexibility index (Phi) is 2.92. The lowest BCUT2D eigenvalue weighted by Crippen LogP contribution is -2.15. The van der Waals surface area contributed by atoms with E-state index in [-0.39, 0.29) is 0 Å². The minimum atomic E-state index is 0.580.